The van der Waals surface area contributed by atoms with Crippen molar-refractivity contribution in [1.29, 1.82) is 0 Å². The summed E-state index contributed by atoms with van der Waals surface area (Å²) in [6.07, 6.45) is 4.73. The summed E-state index contributed by atoms with van der Waals surface area (Å²) in [5.41, 5.74) is 1.67. The van der Waals surface area contributed by atoms with E-state index in [1.54, 1.807) is 38.6 Å². The molecule has 3 heterocycles. The first-order chi connectivity index (χ1) is 20.7. The predicted molar refractivity (Wildman–Crippen MR) is 170 cm³/mol. The van der Waals surface area contributed by atoms with Gasteiger partial charge in [-0.05, 0) is 56.5 Å². The number of carbonyl (C=O) groups excluding carboxylic acids is 3. The average molecular weight is 604 g/mol. The number of hydrogen-bond donors (Lipinski definition) is 1. The van der Waals surface area contributed by atoms with Crippen LogP contribution in [0.5, 0.6) is 5.75 Å². The van der Waals surface area contributed by atoms with Crippen LogP contribution in [0.2, 0.25) is 0 Å². The summed E-state index contributed by atoms with van der Waals surface area (Å²) in [5.74, 6) is -1.15. The Balaban J connectivity index is 1.52. The first-order valence-electron chi connectivity index (χ1n) is 14.9. The van der Waals surface area contributed by atoms with Crippen LogP contribution < -0.4 is 9.64 Å². The number of ether oxygens (including phenoxy) is 1. The molecule has 0 aromatic heterocycles. The van der Waals surface area contributed by atoms with Gasteiger partial charge in [-0.15, -0.1) is 24.9 Å². The zero-order valence-corrected chi connectivity index (χ0v) is 25.8. The maximum Gasteiger partial charge on any atom is 0.247 e. The molecule has 1 spiro atoms. The lowest BCUT2D eigenvalue weighted by atomic mass is 9.66. The molecule has 2 bridgehead atoms. The van der Waals surface area contributed by atoms with E-state index in [1.807, 2.05) is 61.5 Å². The molecule has 0 aliphatic carbocycles. The standard InChI is InChI=1S/C34H41N3O5S/c1-5-19-35(23-24-11-9-8-10-12-24)32(41)29-34-18-17-33(4,43-34)27(28(34)31(40)37(29)21-22-38)30(39)36(20-6-2)25-13-15-26(16-14-25)42-7-3/h5-6,8-16,27-29,38H,1-2,7,17-23H2,3-4H3/t27-,28+,29?,33+,34?/m1/s1. The molecule has 9 heteroatoms. The Morgan fingerprint density at radius 2 is 1.77 bits per heavy atom. The highest BCUT2D eigenvalue weighted by Gasteiger charge is 2.77. The number of anilines is 1. The molecule has 3 amide bonds. The van der Waals surface area contributed by atoms with Crippen molar-refractivity contribution in [2.75, 3.05) is 37.7 Å². The number of carbonyl (C=O) groups is 3. The highest BCUT2D eigenvalue weighted by Crippen LogP contribution is 2.71. The van der Waals surface area contributed by atoms with Gasteiger partial charge in [-0.1, -0.05) is 42.5 Å². The molecule has 3 aliphatic rings. The summed E-state index contributed by atoms with van der Waals surface area (Å²) in [4.78, 5) is 48.3. The van der Waals surface area contributed by atoms with Crippen LogP contribution in [0, 0.1) is 11.8 Å². The second-order valence-corrected chi connectivity index (χ2v) is 13.5. The minimum atomic E-state index is -0.788. The van der Waals surface area contributed by atoms with E-state index in [9.17, 15) is 19.5 Å². The second-order valence-electron chi connectivity index (χ2n) is 11.6. The number of likely N-dealkylation sites (tertiary alicyclic amines) is 1. The van der Waals surface area contributed by atoms with Gasteiger partial charge in [0.1, 0.15) is 11.8 Å². The fourth-order valence-electron chi connectivity index (χ4n) is 7.30. The van der Waals surface area contributed by atoms with Crippen LogP contribution in [0.25, 0.3) is 0 Å². The van der Waals surface area contributed by atoms with E-state index in [1.165, 1.54) is 0 Å². The molecule has 3 aliphatic heterocycles. The number of fused-ring (bicyclic) bond motifs is 1. The SMILES string of the molecule is C=CCN(Cc1ccccc1)C(=O)C1N(CCO)C(=O)[C@@H]2[C@H](C(=O)N(CC=C)c3ccc(OCC)cc3)[C@]3(C)CCC12S3. The molecular formula is C34H41N3O5S. The summed E-state index contributed by atoms with van der Waals surface area (Å²) < 4.78 is 4.30. The van der Waals surface area contributed by atoms with Crippen LogP contribution in [0.1, 0.15) is 32.3 Å². The Morgan fingerprint density at radius 1 is 1.07 bits per heavy atom. The molecule has 2 aromatic rings. The Bertz CT molecular complexity index is 1370. The van der Waals surface area contributed by atoms with Crippen molar-refractivity contribution in [2.24, 2.45) is 11.8 Å². The molecule has 0 saturated carbocycles. The van der Waals surface area contributed by atoms with Gasteiger partial charge in [-0.3, -0.25) is 14.4 Å². The molecule has 2 unspecified atom stereocenters. The Labute approximate surface area is 258 Å². The van der Waals surface area contributed by atoms with Gasteiger partial charge in [-0.2, -0.15) is 0 Å². The number of aliphatic hydroxyl groups is 1. The molecule has 0 radical (unpaired) electrons. The zero-order chi connectivity index (χ0) is 30.8. The van der Waals surface area contributed by atoms with Crippen LogP contribution in [0.15, 0.2) is 79.9 Å². The van der Waals surface area contributed by atoms with Crippen LogP contribution in [-0.2, 0) is 20.9 Å². The monoisotopic (exact) mass is 603 g/mol. The largest absolute Gasteiger partial charge is 0.494 e. The van der Waals surface area contributed by atoms with Crippen molar-refractivity contribution < 1.29 is 24.2 Å². The van der Waals surface area contributed by atoms with Gasteiger partial charge in [0.05, 0.1) is 29.8 Å². The molecule has 8 nitrogen and oxygen atoms in total. The van der Waals surface area contributed by atoms with Crippen molar-refractivity contribution in [3.63, 3.8) is 0 Å². The van der Waals surface area contributed by atoms with Crippen molar-refractivity contribution in [1.82, 2.24) is 9.80 Å². The fraction of sp³-hybridized carbons (Fsp3) is 0.441. The van der Waals surface area contributed by atoms with Crippen LogP contribution >= 0.6 is 11.8 Å². The molecule has 5 rings (SSSR count). The molecular weight excluding hydrogens is 562 g/mol. The van der Waals surface area contributed by atoms with E-state index in [-0.39, 0.29) is 37.4 Å². The first-order valence-corrected chi connectivity index (χ1v) is 15.8. The molecule has 5 atom stereocenters. The van der Waals surface area contributed by atoms with Gasteiger partial charge >= 0.3 is 0 Å². The Kier molecular flexibility index (Phi) is 9.04. The van der Waals surface area contributed by atoms with Crippen LogP contribution in [0.3, 0.4) is 0 Å². The van der Waals surface area contributed by atoms with E-state index < -0.39 is 27.4 Å². The number of amides is 3. The van der Waals surface area contributed by atoms with Gasteiger partial charge < -0.3 is 24.5 Å². The summed E-state index contributed by atoms with van der Waals surface area (Å²) in [6.45, 7) is 13.0. The quantitative estimate of drug-likeness (QED) is 0.344. The van der Waals surface area contributed by atoms with Gasteiger partial charge in [-0.25, -0.2) is 0 Å². The number of thioether (sulfide) groups is 1. The second kappa shape index (κ2) is 12.6. The molecule has 1 N–H and O–H groups in total. The lowest BCUT2D eigenvalue weighted by molar-refractivity contribution is -0.143. The van der Waals surface area contributed by atoms with Gasteiger partial charge in [0.15, 0.2) is 0 Å². The number of benzene rings is 2. The topological polar surface area (TPSA) is 90.4 Å². The number of rotatable bonds is 13. The third-order valence-corrected chi connectivity index (χ3v) is 11.0. The van der Waals surface area contributed by atoms with E-state index in [0.717, 1.165) is 5.56 Å². The van der Waals surface area contributed by atoms with Gasteiger partial charge in [0.2, 0.25) is 17.7 Å². The van der Waals surface area contributed by atoms with Crippen molar-refractivity contribution >= 4 is 35.2 Å². The Hall–Kier alpha value is -3.56. The average Bonchev–Trinajstić information content (AvgIpc) is 3.57. The molecule has 3 saturated heterocycles. The molecule has 228 valence electrons. The maximum atomic E-state index is 14.5. The lowest BCUT2D eigenvalue weighted by Gasteiger charge is -2.38. The summed E-state index contributed by atoms with van der Waals surface area (Å²) >= 11 is 1.63. The van der Waals surface area contributed by atoms with Crippen LogP contribution in [0.4, 0.5) is 5.69 Å². The summed E-state index contributed by atoms with van der Waals surface area (Å²) in [5, 5.41) is 10.0. The molecule has 43 heavy (non-hydrogen) atoms. The van der Waals surface area contributed by atoms with Crippen molar-refractivity contribution in [3.05, 3.63) is 85.5 Å². The third-order valence-electron chi connectivity index (χ3n) is 9.03. The lowest BCUT2D eigenvalue weighted by Crippen LogP contribution is -2.55. The minimum absolute atomic E-state index is 0.0359. The van der Waals surface area contributed by atoms with Gasteiger partial charge in [0.25, 0.3) is 0 Å². The normalized spacial score (nSPS) is 27.1. The van der Waals surface area contributed by atoms with Crippen LogP contribution in [-0.4, -0.2) is 81.0 Å². The van der Waals surface area contributed by atoms with Crippen molar-refractivity contribution in [3.8, 4) is 5.75 Å². The Morgan fingerprint density at radius 3 is 2.40 bits per heavy atom. The maximum absolute atomic E-state index is 14.5. The van der Waals surface area contributed by atoms with Gasteiger partial charge in [0, 0.05) is 36.6 Å². The number of hydrogen-bond acceptors (Lipinski definition) is 6. The van der Waals surface area contributed by atoms with E-state index in [0.29, 0.717) is 44.0 Å². The number of aliphatic hydroxyl groups excluding tert-OH is 1. The van der Waals surface area contributed by atoms with E-state index >= 15 is 0 Å². The summed E-state index contributed by atoms with van der Waals surface area (Å²) in [6, 6.07) is 16.3. The van der Waals surface area contributed by atoms with Crippen molar-refractivity contribution in [2.45, 2.75) is 48.8 Å². The molecule has 2 aromatic carbocycles. The fourth-order valence-corrected chi connectivity index (χ4v) is 9.65. The van der Waals surface area contributed by atoms with E-state index in [4.69, 9.17) is 4.74 Å². The number of nitrogens with zero attached hydrogens (tertiary/aromatic N) is 3. The third kappa shape index (κ3) is 5.38. The minimum Gasteiger partial charge on any atom is -0.494 e. The highest BCUT2D eigenvalue weighted by molar-refractivity contribution is 8.02. The first kappa shape index (κ1) is 30.9. The highest BCUT2D eigenvalue weighted by atomic mass is 32.2. The predicted octanol–water partition coefficient (Wildman–Crippen LogP) is 4.29. The number of β-amino-alcohol motifs (C(OH)–C–C–N with tert-alkyl or cyclic N) is 1. The van der Waals surface area contributed by atoms with E-state index in [2.05, 4.69) is 20.1 Å². The molecule has 3 fully saturated rings. The summed E-state index contributed by atoms with van der Waals surface area (Å²) in [7, 11) is 0. The zero-order valence-electron chi connectivity index (χ0n) is 25.0. The smallest absolute Gasteiger partial charge is 0.247 e.